The number of nitrogens with zero attached hydrogens (tertiary/aromatic N) is 1. The van der Waals surface area contributed by atoms with Gasteiger partial charge in [0.1, 0.15) is 0 Å². The van der Waals surface area contributed by atoms with Crippen LogP contribution in [0.2, 0.25) is 0 Å². The van der Waals surface area contributed by atoms with Crippen LogP contribution in [0.4, 0.5) is 0 Å². The lowest BCUT2D eigenvalue weighted by molar-refractivity contribution is 0.0736. The fourth-order valence-corrected chi connectivity index (χ4v) is 6.37. The molecule has 0 amide bonds. The summed E-state index contributed by atoms with van der Waals surface area (Å²) in [5, 5.41) is -0.337. The zero-order valence-electron chi connectivity index (χ0n) is 14.1. The summed E-state index contributed by atoms with van der Waals surface area (Å²) >= 11 is 0. The standard InChI is InChI=1S/C16H31NO2S/c1-11(2)17(20(18,19)12(3)4)14-10-13-8-9-16(14,7)15(13,5)6/h11-14H,8-10H2,1-7H3. The molecule has 20 heavy (non-hydrogen) atoms. The molecule has 0 spiro atoms. The summed E-state index contributed by atoms with van der Waals surface area (Å²) in [6.45, 7) is 14.6. The number of fused-ring (bicyclic) bond motifs is 2. The Bertz CT molecular complexity index is 481. The first-order valence-corrected chi connectivity index (χ1v) is 9.49. The van der Waals surface area contributed by atoms with E-state index >= 15 is 0 Å². The molecule has 0 aromatic rings. The Morgan fingerprint density at radius 1 is 1.10 bits per heavy atom. The molecule has 2 aliphatic rings. The highest BCUT2D eigenvalue weighted by molar-refractivity contribution is 7.89. The van der Waals surface area contributed by atoms with Crippen LogP contribution in [-0.4, -0.2) is 30.1 Å². The molecule has 118 valence electrons. The topological polar surface area (TPSA) is 37.4 Å². The Balaban J connectivity index is 2.44. The lowest BCUT2D eigenvalue weighted by Gasteiger charge is -2.45. The Kier molecular flexibility index (Phi) is 3.83. The predicted molar refractivity (Wildman–Crippen MR) is 84.0 cm³/mol. The smallest absolute Gasteiger partial charge is 0.212 e. The summed E-state index contributed by atoms with van der Waals surface area (Å²) in [5.41, 5.74) is 0.362. The van der Waals surface area contributed by atoms with E-state index in [2.05, 4.69) is 20.8 Å². The molecular formula is C16H31NO2S. The third-order valence-corrected chi connectivity index (χ3v) is 8.91. The number of hydrogen-bond donors (Lipinski definition) is 0. The first kappa shape index (κ1) is 16.3. The van der Waals surface area contributed by atoms with E-state index in [1.807, 2.05) is 18.2 Å². The molecule has 0 saturated heterocycles. The van der Waals surface area contributed by atoms with Crippen molar-refractivity contribution in [3.05, 3.63) is 0 Å². The van der Waals surface area contributed by atoms with Gasteiger partial charge >= 0.3 is 0 Å². The fourth-order valence-electron chi connectivity index (χ4n) is 4.62. The van der Waals surface area contributed by atoms with E-state index in [-0.39, 0.29) is 28.2 Å². The van der Waals surface area contributed by atoms with Gasteiger partial charge in [-0.05, 0) is 63.7 Å². The van der Waals surface area contributed by atoms with Crippen molar-refractivity contribution < 1.29 is 8.42 Å². The molecule has 0 N–H and O–H groups in total. The van der Waals surface area contributed by atoms with Crippen LogP contribution >= 0.6 is 0 Å². The minimum atomic E-state index is -3.20. The van der Waals surface area contributed by atoms with Gasteiger partial charge in [0, 0.05) is 12.1 Å². The first-order chi connectivity index (χ1) is 8.96. The molecule has 2 aliphatic carbocycles. The van der Waals surface area contributed by atoms with Crippen molar-refractivity contribution in [2.24, 2.45) is 16.7 Å². The molecule has 0 aliphatic heterocycles. The summed E-state index contributed by atoms with van der Waals surface area (Å²) in [5.74, 6) is 0.668. The number of hydrogen-bond acceptors (Lipinski definition) is 2. The van der Waals surface area contributed by atoms with Gasteiger partial charge in [-0.1, -0.05) is 20.8 Å². The molecule has 2 saturated carbocycles. The summed E-state index contributed by atoms with van der Waals surface area (Å²) in [4.78, 5) is 0. The highest BCUT2D eigenvalue weighted by atomic mass is 32.2. The summed E-state index contributed by atoms with van der Waals surface area (Å²) in [6.07, 6.45) is 3.45. The summed E-state index contributed by atoms with van der Waals surface area (Å²) < 4.78 is 27.5. The molecule has 4 heteroatoms. The summed E-state index contributed by atoms with van der Waals surface area (Å²) in [7, 11) is -3.20. The van der Waals surface area contributed by atoms with Crippen molar-refractivity contribution in [1.82, 2.24) is 4.31 Å². The normalized spacial score (nSPS) is 36.5. The molecular weight excluding hydrogens is 270 g/mol. The van der Waals surface area contributed by atoms with Crippen molar-refractivity contribution in [2.75, 3.05) is 0 Å². The Morgan fingerprint density at radius 3 is 1.95 bits per heavy atom. The van der Waals surface area contributed by atoms with Gasteiger partial charge in [0.15, 0.2) is 0 Å². The van der Waals surface area contributed by atoms with Gasteiger partial charge < -0.3 is 0 Å². The van der Waals surface area contributed by atoms with Crippen molar-refractivity contribution >= 4 is 10.0 Å². The Morgan fingerprint density at radius 2 is 1.65 bits per heavy atom. The second-order valence-electron chi connectivity index (χ2n) is 8.14. The van der Waals surface area contributed by atoms with Crippen LogP contribution in [0, 0.1) is 16.7 Å². The Labute approximate surface area is 125 Å². The molecule has 2 bridgehead atoms. The molecule has 2 fully saturated rings. The van der Waals surface area contributed by atoms with Crippen LogP contribution in [-0.2, 0) is 10.0 Å². The lowest BCUT2D eigenvalue weighted by atomic mass is 9.69. The van der Waals surface area contributed by atoms with Crippen LogP contribution in [0.15, 0.2) is 0 Å². The van der Waals surface area contributed by atoms with E-state index in [1.165, 1.54) is 6.42 Å². The average molecular weight is 301 g/mol. The molecule has 0 heterocycles. The first-order valence-electron chi connectivity index (χ1n) is 7.98. The second kappa shape index (κ2) is 4.70. The minimum absolute atomic E-state index is 0.0411. The molecule has 2 rings (SSSR count). The largest absolute Gasteiger partial charge is 0.216 e. The van der Waals surface area contributed by atoms with Crippen LogP contribution < -0.4 is 0 Å². The van der Waals surface area contributed by atoms with Gasteiger partial charge in [-0.25, -0.2) is 8.42 Å². The molecule has 0 radical (unpaired) electrons. The maximum Gasteiger partial charge on any atom is 0.216 e. The van der Waals surface area contributed by atoms with Crippen molar-refractivity contribution in [1.29, 1.82) is 0 Å². The second-order valence-corrected chi connectivity index (χ2v) is 10.5. The van der Waals surface area contributed by atoms with Gasteiger partial charge in [-0.15, -0.1) is 0 Å². The molecule has 0 aromatic heterocycles. The van der Waals surface area contributed by atoms with E-state index in [4.69, 9.17) is 0 Å². The molecule has 3 unspecified atom stereocenters. The van der Waals surface area contributed by atoms with Gasteiger partial charge in [0.05, 0.1) is 5.25 Å². The van der Waals surface area contributed by atoms with Gasteiger partial charge in [0.25, 0.3) is 0 Å². The SMILES string of the molecule is CC(C)N(C1CC2CCC1(C)C2(C)C)S(=O)(=O)C(C)C. The van der Waals surface area contributed by atoms with E-state index in [1.54, 1.807) is 13.8 Å². The molecule has 3 nitrogen and oxygen atoms in total. The molecule has 3 atom stereocenters. The van der Waals surface area contributed by atoms with Crippen molar-refractivity contribution in [2.45, 2.75) is 85.1 Å². The lowest BCUT2D eigenvalue weighted by Crippen LogP contribution is -2.54. The summed E-state index contributed by atoms with van der Waals surface area (Å²) in [6, 6.07) is 0.211. The maximum atomic E-state index is 12.8. The molecule has 0 aromatic carbocycles. The minimum Gasteiger partial charge on any atom is -0.212 e. The van der Waals surface area contributed by atoms with Crippen molar-refractivity contribution in [3.8, 4) is 0 Å². The maximum absolute atomic E-state index is 12.8. The van der Waals surface area contributed by atoms with E-state index in [0.717, 1.165) is 12.8 Å². The van der Waals surface area contributed by atoms with Crippen molar-refractivity contribution in [3.63, 3.8) is 0 Å². The van der Waals surface area contributed by atoms with Gasteiger partial charge in [-0.2, -0.15) is 4.31 Å². The third-order valence-electron chi connectivity index (χ3n) is 6.45. The van der Waals surface area contributed by atoms with E-state index < -0.39 is 10.0 Å². The van der Waals surface area contributed by atoms with Crippen LogP contribution in [0.25, 0.3) is 0 Å². The Hall–Kier alpha value is -0.0900. The number of rotatable bonds is 4. The van der Waals surface area contributed by atoms with Gasteiger partial charge in [0.2, 0.25) is 10.0 Å². The monoisotopic (exact) mass is 301 g/mol. The van der Waals surface area contributed by atoms with Gasteiger partial charge in [-0.3, -0.25) is 0 Å². The van der Waals surface area contributed by atoms with E-state index in [9.17, 15) is 8.42 Å². The van der Waals surface area contributed by atoms with Crippen LogP contribution in [0.3, 0.4) is 0 Å². The predicted octanol–water partition coefficient (Wildman–Crippen LogP) is 3.65. The van der Waals surface area contributed by atoms with Crippen LogP contribution in [0.1, 0.15) is 67.7 Å². The zero-order chi connectivity index (χ0) is 15.5. The fraction of sp³-hybridized carbons (Fsp3) is 1.00. The average Bonchev–Trinajstić information content (AvgIpc) is 2.61. The quantitative estimate of drug-likeness (QED) is 0.795. The third kappa shape index (κ3) is 1.98. The number of sulfonamides is 1. The van der Waals surface area contributed by atoms with Crippen LogP contribution in [0.5, 0.6) is 0 Å². The zero-order valence-corrected chi connectivity index (χ0v) is 14.9. The highest BCUT2D eigenvalue weighted by Gasteiger charge is 2.64. The van der Waals surface area contributed by atoms with E-state index in [0.29, 0.717) is 5.92 Å². The highest BCUT2D eigenvalue weighted by Crippen LogP contribution is 2.67.